The van der Waals surface area contributed by atoms with E-state index in [1.807, 2.05) is 0 Å². The zero-order valence-corrected chi connectivity index (χ0v) is 15.0. The van der Waals surface area contributed by atoms with E-state index in [9.17, 15) is 18.0 Å². The summed E-state index contributed by atoms with van der Waals surface area (Å²) >= 11 is 1.09. The lowest BCUT2D eigenvalue weighted by atomic mass is 10.2. The van der Waals surface area contributed by atoms with Crippen LogP contribution in [0.5, 0.6) is 0 Å². The molecule has 0 radical (unpaired) electrons. The highest BCUT2D eigenvalue weighted by Gasteiger charge is 2.15. The molecule has 1 aromatic carbocycles. The van der Waals surface area contributed by atoms with Crippen LogP contribution in [-0.4, -0.2) is 44.9 Å². The molecule has 0 bridgehead atoms. The molecule has 0 atom stereocenters. The number of rotatable bonds is 8. The van der Waals surface area contributed by atoms with Gasteiger partial charge in [0, 0.05) is 17.6 Å². The highest BCUT2D eigenvalue weighted by Crippen LogP contribution is 2.17. The second kappa shape index (κ2) is 8.24. The van der Waals surface area contributed by atoms with Crippen LogP contribution in [0.3, 0.4) is 0 Å². The van der Waals surface area contributed by atoms with Crippen LogP contribution in [0.4, 0.5) is 0 Å². The zero-order chi connectivity index (χ0) is 18.4. The number of benzene rings is 1. The van der Waals surface area contributed by atoms with Crippen molar-refractivity contribution in [3.63, 3.8) is 0 Å². The van der Waals surface area contributed by atoms with Gasteiger partial charge in [0.2, 0.25) is 0 Å². The second-order valence-corrected chi connectivity index (χ2v) is 8.37. The lowest BCUT2D eigenvalue weighted by Crippen LogP contribution is -2.22. The van der Waals surface area contributed by atoms with E-state index in [4.69, 9.17) is 9.84 Å². The number of carboxylic acid groups (broad SMARTS) is 1. The maximum absolute atomic E-state index is 12.1. The number of carbonyl (C=O) groups excluding carboxylic acids is 1. The fourth-order valence-corrected chi connectivity index (χ4v) is 3.94. The molecule has 0 aliphatic carbocycles. The molecular weight excluding hydrogens is 366 g/mol. The number of carbonyl (C=O) groups is 2. The van der Waals surface area contributed by atoms with E-state index >= 15 is 0 Å². The molecule has 9 heteroatoms. The van der Waals surface area contributed by atoms with E-state index in [-0.39, 0.29) is 34.6 Å². The number of thiophene rings is 1. The second-order valence-electron chi connectivity index (χ2n) is 5.09. The van der Waals surface area contributed by atoms with Gasteiger partial charge in [-0.05, 0) is 36.4 Å². The number of carboxylic acids is 1. The Kier molecular flexibility index (Phi) is 6.29. The molecule has 2 N–H and O–H groups in total. The highest BCUT2D eigenvalue weighted by molar-refractivity contribution is 7.91. The van der Waals surface area contributed by atoms with Crippen LogP contribution in [0, 0.1) is 0 Å². The first-order chi connectivity index (χ1) is 11.8. The van der Waals surface area contributed by atoms with Gasteiger partial charge in [0.25, 0.3) is 5.91 Å². The van der Waals surface area contributed by atoms with E-state index in [0.717, 1.165) is 11.3 Å². The van der Waals surface area contributed by atoms with E-state index in [2.05, 4.69) is 5.32 Å². The number of aromatic carboxylic acids is 1. The number of hydrogen-bond donors (Lipinski definition) is 2. The van der Waals surface area contributed by atoms with E-state index in [0.29, 0.717) is 10.4 Å². The highest BCUT2D eigenvalue weighted by atomic mass is 32.2. The first-order valence-corrected chi connectivity index (χ1v) is 9.72. The lowest BCUT2D eigenvalue weighted by molar-refractivity contribution is 0.0702. The molecule has 134 valence electrons. The van der Waals surface area contributed by atoms with Crippen molar-refractivity contribution in [3.05, 3.63) is 51.7 Å². The quantitative estimate of drug-likeness (QED) is 0.719. The third-order valence-corrected chi connectivity index (χ3v) is 6.10. The van der Waals surface area contributed by atoms with Crippen molar-refractivity contribution in [2.24, 2.45) is 0 Å². The molecule has 0 aliphatic rings. The first-order valence-electron chi connectivity index (χ1n) is 7.25. The summed E-state index contributed by atoms with van der Waals surface area (Å²) in [6.45, 7) is 0.300. The van der Waals surface area contributed by atoms with Gasteiger partial charge in [-0.1, -0.05) is 0 Å². The zero-order valence-electron chi connectivity index (χ0n) is 13.4. The SMILES string of the molecule is COCCS(=O)(=O)c1ccc(C(=O)NCc2ccc(C(=O)O)s2)cc1. The topological polar surface area (TPSA) is 110 Å². The molecule has 0 spiro atoms. The Balaban J connectivity index is 1.99. The molecule has 1 aromatic heterocycles. The number of ether oxygens (including phenoxy) is 1. The van der Waals surface area contributed by atoms with Gasteiger partial charge >= 0.3 is 5.97 Å². The number of methoxy groups -OCH3 is 1. The van der Waals surface area contributed by atoms with E-state index in [1.54, 1.807) is 6.07 Å². The van der Waals surface area contributed by atoms with Crippen molar-refractivity contribution in [3.8, 4) is 0 Å². The number of hydrogen-bond acceptors (Lipinski definition) is 6. The van der Waals surface area contributed by atoms with Crippen molar-refractivity contribution in [1.82, 2.24) is 5.32 Å². The summed E-state index contributed by atoms with van der Waals surface area (Å²) in [6.07, 6.45) is 0. The van der Waals surface area contributed by atoms with Gasteiger partial charge in [-0.15, -0.1) is 11.3 Å². The van der Waals surface area contributed by atoms with E-state index in [1.165, 1.54) is 37.4 Å². The van der Waals surface area contributed by atoms with Crippen LogP contribution < -0.4 is 5.32 Å². The molecule has 1 amide bonds. The predicted molar refractivity (Wildman–Crippen MR) is 92.8 cm³/mol. The van der Waals surface area contributed by atoms with Crippen LogP contribution in [-0.2, 0) is 21.1 Å². The number of sulfone groups is 1. The molecule has 2 rings (SSSR count). The minimum absolute atomic E-state index is 0.101. The van der Waals surface area contributed by atoms with Gasteiger partial charge < -0.3 is 15.2 Å². The van der Waals surface area contributed by atoms with Crippen LogP contribution in [0.15, 0.2) is 41.3 Å². The van der Waals surface area contributed by atoms with Gasteiger partial charge in [-0.25, -0.2) is 13.2 Å². The van der Waals surface area contributed by atoms with Crippen molar-refractivity contribution >= 4 is 33.1 Å². The van der Waals surface area contributed by atoms with Gasteiger partial charge in [-0.3, -0.25) is 4.79 Å². The van der Waals surface area contributed by atoms with Crippen molar-refractivity contribution in [2.45, 2.75) is 11.4 Å². The monoisotopic (exact) mass is 383 g/mol. The Morgan fingerprint density at radius 3 is 2.40 bits per heavy atom. The average molecular weight is 383 g/mol. The minimum atomic E-state index is -3.44. The Morgan fingerprint density at radius 1 is 1.16 bits per heavy atom. The molecular formula is C16H17NO6S2. The normalized spacial score (nSPS) is 11.2. The van der Waals surface area contributed by atoms with Crippen molar-refractivity contribution in [1.29, 1.82) is 0 Å². The molecule has 0 fully saturated rings. The molecule has 1 heterocycles. The number of amides is 1. The largest absolute Gasteiger partial charge is 0.477 e. The van der Waals surface area contributed by atoms with Gasteiger partial charge in [0.05, 0.1) is 23.8 Å². The Bertz CT molecular complexity index is 855. The molecule has 0 saturated carbocycles. The Morgan fingerprint density at radius 2 is 1.84 bits per heavy atom. The van der Waals surface area contributed by atoms with Crippen LogP contribution in [0.2, 0.25) is 0 Å². The summed E-state index contributed by atoms with van der Waals surface area (Å²) in [5.41, 5.74) is 0.320. The molecule has 0 saturated heterocycles. The summed E-state index contributed by atoms with van der Waals surface area (Å²) in [5.74, 6) is -1.50. The maximum Gasteiger partial charge on any atom is 0.345 e. The van der Waals surface area contributed by atoms with Gasteiger partial charge in [0.15, 0.2) is 9.84 Å². The van der Waals surface area contributed by atoms with Crippen molar-refractivity contribution in [2.75, 3.05) is 19.5 Å². The maximum atomic E-state index is 12.1. The molecule has 0 unspecified atom stereocenters. The summed E-state index contributed by atoms with van der Waals surface area (Å²) in [7, 11) is -2.01. The third kappa shape index (κ3) is 5.12. The first kappa shape index (κ1) is 19.1. The van der Waals surface area contributed by atoms with Crippen LogP contribution in [0.25, 0.3) is 0 Å². The predicted octanol–water partition coefficient (Wildman–Crippen LogP) is 1.80. The summed E-state index contributed by atoms with van der Waals surface area (Å²) in [4.78, 5) is 24.0. The minimum Gasteiger partial charge on any atom is -0.477 e. The van der Waals surface area contributed by atoms with Crippen molar-refractivity contribution < 1.29 is 27.9 Å². The molecule has 7 nitrogen and oxygen atoms in total. The molecule has 2 aromatic rings. The summed E-state index contributed by atoms with van der Waals surface area (Å²) in [5, 5.41) is 11.5. The Labute approximate surface area is 149 Å². The summed E-state index contributed by atoms with van der Waals surface area (Å²) < 4.78 is 28.8. The summed E-state index contributed by atoms with van der Waals surface area (Å²) in [6, 6.07) is 8.76. The standard InChI is InChI=1S/C16H17NO6S2/c1-23-8-9-25(21,22)13-5-2-11(3-6-13)15(18)17-10-12-4-7-14(24-12)16(19)20/h2-7H,8-10H2,1H3,(H,17,18)(H,19,20). The van der Waals surface area contributed by atoms with Gasteiger partial charge in [-0.2, -0.15) is 0 Å². The Hall–Kier alpha value is -2.23. The fraction of sp³-hybridized carbons (Fsp3) is 0.250. The number of nitrogens with one attached hydrogen (secondary N) is 1. The average Bonchev–Trinajstić information content (AvgIpc) is 3.07. The molecule has 25 heavy (non-hydrogen) atoms. The third-order valence-electron chi connectivity index (χ3n) is 3.33. The van der Waals surface area contributed by atoms with Crippen LogP contribution in [0.1, 0.15) is 24.9 Å². The molecule has 0 aliphatic heterocycles. The lowest BCUT2D eigenvalue weighted by Gasteiger charge is -2.06. The van der Waals surface area contributed by atoms with Crippen LogP contribution >= 0.6 is 11.3 Å². The van der Waals surface area contributed by atoms with E-state index < -0.39 is 15.8 Å². The smallest absolute Gasteiger partial charge is 0.345 e. The fourth-order valence-electron chi connectivity index (χ4n) is 1.98. The van der Waals surface area contributed by atoms with Gasteiger partial charge in [0.1, 0.15) is 4.88 Å².